The van der Waals surface area contributed by atoms with Crippen LogP contribution in [-0.4, -0.2) is 81.0 Å². The Morgan fingerprint density at radius 1 is 1.20 bits per heavy atom. The predicted octanol–water partition coefficient (Wildman–Crippen LogP) is 1.78. The van der Waals surface area contributed by atoms with Crippen molar-refractivity contribution >= 4 is 21.6 Å². The number of anilines is 1. The number of morpholine rings is 1. The second-order valence-corrected chi connectivity index (χ2v) is 9.71. The van der Waals surface area contributed by atoms with Crippen molar-refractivity contribution in [3.63, 3.8) is 0 Å². The molecule has 0 bridgehead atoms. The van der Waals surface area contributed by atoms with Crippen molar-refractivity contribution in [3.8, 4) is 0 Å². The van der Waals surface area contributed by atoms with Gasteiger partial charge in [-0.1, -0.05) is 18.2 Å². The number of ether oxygens (including phenoxy) is 1. The van der Waals surface area contributed by atoms with E-state index in [0.717, 1.165) is 25.1 Å². The molecule has 0 saturated carbocycles. The van der Waals surface area contributed by atoms with Crippen LogP contribution in [-0.2, 0) is 14.8 Å². The normalized spacial score (nSPS) is 20.4. The number of hydrogen-bond donors (Lipinski definition) is 1. The van der Waals surface area contributed by atoms with E-state index in [2.05, 4.69) is 22.0 Å². The van der Waals surface area contributed by atoms with Gasteiger partial charge in [0.15, 0.2) is 0 Å². The van der Waals surface area contributed by atoms with Crippen molar-refractivity contribution in [1.82, 2.24) is 14.2 Å². The fourth-order valence-corrected chi connectivity index (χ4v) is 5.54. The number of H-pyrrole nitrogens is 1. The number of para-hydroxylation sites is 1. The van der Waals surface area contributed by atoms with E-state index >= 15 is 0 Å². The number of carbonyl (C=O) groups excluding carboxylic acids is 1. The molecule has 162 valence electrons. The summed E-state index contributed by atoms with van der Waals surface area (Å²) in [5.41, 5.74) is 1.42. The number of hydrogen-bond acceptors (Lipinski definition) is 5. The molecule has 2 aliphatic heterocycles. The lowest BCUT2D eigenvalue weighted by Gasteiger charge is -2.29. The van der Waals surface area contributed by atoms with E-state index in [0.29, 0.717) is 38.5 Å². The van der Waals surface area contributed by atoms with Gasteiger partial charge < -0.3 is 19.5 Å². The van der Waals surface area contributed by atoms with Crippen molar-refractivity contribution < 1.29 is 17.9 Å². The van der Waals surface area contributed by atoms with Crippen LogP contribution in [0.3, 0.4) is 0 Å². The van der Waals surface area contributed by atoms with Crippen LogP contribution in [0.4, 0.5) is 5.69 Å². The van der Waals surface area contributed by atoms with Gasteiger partial charge in [-0.25, -0.2) is 8.42 Å². The minimum absolute atomic E-state index is 0.0882. The molecule has 2 aliphatic rings. The molecule has 1 N–H and O–H groups in total. The van der Waals surface area contributed by atoms with Gasteiger partial charge >= 0.3 is 0 Å². The maximum atomic E-state index is 13.1. The average Bonchev–Trinajstić information content (AvgIpc) is 3.45. The van der Waals surface area contributed by atoms with Gasteiger partial charge in [0.05, 0.1) is 13.2 Å². The Kier molecular flexibility index (Phi) is 6.12. The molecule has 1 aromatic carbocycles. The van der Waals surface area contributed by atoms with Crippen molar-refractivity contribution in [2.24, 2.45) is 0 Å². The monoisotopic (exact) mass is 432 g/mol. The van der Waals surface area contributed by atoms with Crippen LogP contribution in [0.15, 0.2) is 47.5 Å². The average molecular weight is 433 g/mol. The Bertz CT molecular complexity index is 970. The molecule has 0 unspecified atom stereocenters. The summed E-state index contributed by atoms with van der Waals surface area (Å²) >= 11 is 0. The molecule has 1 aromatic heterocycles. The molecular formula is C21H28N4O4S. The van der Waals surface area contributed by atoms with Gasteiger partial charge in [-0.2, -0.15) is 4.31 Å². The first kappa shape index (κ1) is 20.9. The maximum Gasteiger partial charge on any atom is 0.270 e. The van der Waals surface area contributed by atoms with Gasteiger partial charge in [0.1, 0.15) is 10.6 Å². The van der Waals surface area contributed by atoms with E-state index in [1.807, 2.05) is 30.1 Å². The quantitative estimate of drug-likeness (QED) is 0.752. The number of nitrogens with one attached hydrogen (secondary N) is 1. The summed E-state index contributed by atoms with van der Waals surface area (Å²) in [5, 5.41) is 0. The van der Waals surface area contributed by atoms with E-state index in [1.165, 1.54) is 16.6 Å². The number of amides is 1. The predicted molar refractivity (Wildman–Crippen MR) is 114 cm³/mol. The zero-order chi connectivity index (χ0) is 21.1. The minimum Gasteiger partial charge on any atom is -0.379 e. The molecule has 2 saturated heterocycles. The van der Waals surface area contributed by atoms with Gasteiger partial charge in [-0.05, 0) is 31.0 Å². The van der Waals surface area contributed by atoms with Crippen LogP contribution in [0.1, 0.15) is 23.3 Å². The van der Waals surface area contributed by atoms with Gasteiger partial charge in [-0.15, -0.1) is 0 Å². The highest BCUT2D eigenvalue weighted by atomic mass is 32.2. The van der Waals surface area contributed by atoms with Crippen LogP contribution in [0.2, 0.25) is 0 Å². The molecule has 9 heteroatoms. The molecule has 0 aliphatic carbocycles. The summed E-state index contributed by atoms with van der Waals surface area (Å²) in [6.45, 7) is 2.85. The van der Waals surface area contributed by atoms with Gasteiger partial charge in [0.25, 0.3) is 5.91 Å². The zero-order valence-corrected chi connectivity index (χ0v) is 18.0. The molecule has 1 atom stereocenters. The number of likely N-dealkylation sites (tertiary alicyclic amines) is 1. The SMILES string of the molecule is CN(C[C@@H]1CCCN1C(=O)c1cc(S(=O)(=O)N2CCOCC2)c[nH]1)c1ccccc1. The summed E-state index contributed by atoms with van der Waals surface area (Å²) < 4.78 is 32.3. The van der Waals surface area contributed by atoms with E-state index in [-0.39, 0.29) is 16.8 Å². The summed E-state index contributed by atoms with van der Waals surface area (Å²) in [5.74, 6) is -0.151. The zero-order valence-electron chi connectivity index (χ0n) is 17.2. The molecule has 30 heavy (non-hydrogen) atoms. The van der Waals surface area contributed by atoms with E-state index in [4.69, 9.17) is 4.74 Å². The van der Waals surface area contributed by atoms with Gasteiger partial charge in [-0.3, -0.25) is 4.79 Å². The number of carbonyl (C=O) groups is 1. The van der Waals surface area contributed by atoms with Gasteiger partial charge in [0.2, 0.25) is 10.0 Å². The highest BCUT2D eigenvalue weighted by Gasteiger charge is 2.33. The third kappa shape index (κ3) is 4.23. The first-order chi connectivity index (χ1) is 14.5. The van der Waals surface area contributed by atoms with Crippen LogP contribution >= 0.6 is 0 Å². The van der Waals surface area contributed by atoms with Crippen molar-refractivity contribution in [2.75, 3.05) is 51.3 Å². The minimum atomic E-state index is -3.62. The topological polar surface area (TPSA) is 86.0 Å². The Balaban J connectivity index is 1.46. The van der Waals surface area contributed by atoms with Gasteiger partial charge in [0, 0.05) is 51.2 Å². The molecule has 8 nitrogen and oxygen atoms in total. The Hall–Kier alpha value is -2.36. The number of benzene rings is 1. The number of nitrogens with zero attached hydrogens (tertiary/aromatic N) is 3. The van der Waals surface area contributed by atoms with E-state index < -0.39 is 10.0 Å². The summed E-state index contributed by atoms with van der Waals surface area (Å²) in [6.07, 6.45) is 3.29. The standard InChI is InChI=1S/C21H28N4O4S/c1-23(17-6-3-2-4-7-17)16-18-8-5-9-25(18)21(26)20-14-19(15-22-20)30(27,28)24-10-12-29-13-11-24/h2-4,6-7,14-15,18,22H,5,8-13,16H2,1H3/t18-/m0/s1. The second kappa shape index (κ2) is 8.79. The van der Waals surface area contributed by atoms with Crippen LogP contribution in [0.5, 0.6) is 0 Å². The summed E-state index contributed by atoms with van der Waals surface area (Å²) in [4.78, 5) is 20.2. The molecule has 4 rings (SSSR count). The Morgan fingerprint density at radius 3 is 2.67 bits per heavy atom. The smallest absolute Gasteiger partial charge is 0.270 e. The Labute approximate surface area is 177 Å². The Morgan fingerprint density at radius 2 is 1.93 bits per heavy atom. The van der Waals surface area contributed by atoms with Crippen molar-refractivity contribution in [3.05, 3.63) is 48.3 Å². The lowest BCUT2D eigenvalue weighted by Crippen LogP contribution is -2.42. The number of aromatic amines is 1. The highest BCUT2D eigenvalue weighted by molar-refractivity contribution is 7.89. The third-order valence-electron chi connectivity index (χ3n) is 5.81. The summed E-state index contributed by atoms with van der Waals surface area (Å²) in [6, 6.07) is 11.6. The second-order valence-electron chi connectivity index (χ2n) is 7.78. The third-order valence-corrected chi connectivity index (χ3v) is 7.69. The van der Waals surface area contributed by atoms with Crippen molar-refractivity contribution in [2.45, 2.75) is 23.8 Å². The first-order valence-corrected chi connectivity index (χ1v) is 11.7. The molecular weight excluding hydrogens is 404 g/mol. The number of likely N-dealkylation sites (N-methyl/N-ethyl adjacent to an activating group) is 1. The largest absolute Gasteiger partial charge is 0.379 e. The fraction of sp³-hybridized carbons (Fsp3) is 0.476. The van der Waals surface area contributed by atoms with Crippen LogP contribution in [0.25, 0.3) is 0 Å². The molecule has 2 fully saturated rings. The van der Waals surface area contributed by atoms with Crippen LogP contribution < -0.4 is 4.90 Å². The number of sulfonamides is 1. The maximum absolute atomic E-state index is 13.1. The molecule has 1 amide bonds. The van der Waals surface area contributed by atoms with Crippen molar-refractivity contribution in [1.29, 1.82) is 0 Å². The molecule has 0 spiro atoms. The number of aromatic nitrogens is 1. The lowest BCUT2D eigenvalue weighted by molar-refractivity contribution is 0.0729. The molecule has 0 radical (unpaired) electrons. The molecule has 3 heterocycles. The molecule has 2 aromatic rings. The number of rotatable bonds is 6. The summed E-state index contributed by atoms with van der Waals surface area (Å²) in [7, 11) is -1.60. The fourth-order valence-electron chi connectivity index (χ4n) is 4.13. The van der Waals surface area contributed by atoms with E-state index in [1.54, 1.807) is 0 Å². The lowest BCUT2D eigenvalue weighted by atomic mass is 10.2. The van der Waals surface area contributed by atoms with E-state index in [9.17, 15) is 13.2 Å². The highest BCUT2D eigenvalue weighted by Crippen LogP contribution is 2.24. The van der Waals surface area contributed by atoms with Crippen LogP contribution in [0, 0.1) is 0 Å². The first-order valence-electron chi connectivity index (χ1n) is 10.3.